The third-order valence-electron chi connectivity index (χ3n) is 7.20. The van der Waals surface area contributed by atoms with Crippen LogP contribution in [0.2, 0.25) is 0 Å². The Balaban J connectivity index is 1.46. The smallest absolute Gasteiger partial charge is 0.419 e. The summed E-state index contributed by atoms with van der Waals surface area (Å²) in [6.45, 7) is 4.19. The fraction of sp³-hybridized carbons (Fsp3) is 0.640. The first-order chi connectivity index (χ1) is 16.9. The van der Waals surface area contributed by atoms with Crippen molar-refractivity contribution in [2.45, 2.75) is 63.6 Å². The van der Waals surface area contributed by atoms with Crippen molar-refractivity contribution >= 4 is 23.3 Å². The first-order valence-corrected chi connectivity index (χ1v) is 12.3. The number of primary amides is 1. The van der Waals surface area contributed by atoms with Crippen LogP contribution < -0.4 is 10.6 Å². The van der Waals surface area contributed by atoms with Crippen LogP contribution in [0, 0.1) is 11.7 Å². The molecule has 1 aromatic carbocycles. The quantitative estimate of drug-likeness (QED) is 0.399. The number of ether oxygens (including phenoxy) is 1. The van der Waals surface area contributed by atoms with Gasteiger partial charge in [-0.1, -0.05) is 6.07 Å². The number of rotatable bonds is 9. The Morgan fingerprint density at radius 2 is 1.72 bits per heavy atom. The first-order valence-electron chi connectivity index (χ1n) is 12.3. The number of Topliss-reactive ketones (excluding diaryl/α,β-unsaturated/α-hetero) is 1. The Bertz CT molecular complexity index is 953. The molecule has 1 aliphatic carbocycles. The van der Waals surface area contributed by atoms with Crippen molar-refractivity contribution in [1.29, 1.82) is 0 Å². The number of hydrogen-bond donors (Lipinski definition) is 1. The molecule has 36 heavy (non-hydrogen) atoms. The molecule has 1 amide bonds. The van der Waals surface area contributed by atoms with E-state index in [1.807, 2.05) is 0 Å². The number of carbonyl (C=O) groups excluding carboxylic acids is 3. The predicted octanol–water partition coefficient (Wildman–Crippen LogP) is 3.68. The van der Waals surface area contributed by atoms with Crippen LogP contribution in [-0.2, 0) is 25.3 Å². The number of amides is 1. The summed E-state index contributed by atoms with van der Waals surface area (Å²) < 4.78 is 59.0. The topological polar surface area (TPSA) is 92.9 Å². The molecule has 1 saturated carbocycles. The van der Waals surface area contributed by atoms with Gasteiger partial charge in [-0.25, -0.2) is 4.39 Å². The van der Waals surface area contributed by atoms with Crippen LogP contribution in [0.15, 0.2) is 18.2 Å². The highest BCUT2D eigenvalue weighted by molar-refractivity contribution is 5.87. The number of benzene rings is 1. The van der Waals surface area contributed by atoms with Gasteiger partial charge in [0.15, 0.2) is 11.4 Å². The van der Waals surface area contributed by atoms with E-state index in [-0.39, 0.29) is 24.3 Å². The molecule has 11 heteroatoms. The number of halogens is 4. The van der Waals surface area contributed by atoms with E-state index in [0.717, 1.165) is 19.0 Å². The van der Waals surface area contributed by atoms with Gasteiger partial charge >= 0.3 is 12.1 Å². The molecule has 1 aromatic rings. The summed E-state index contributed by atoms with van der Waals surface area (Å²) in [5, 5.41) is 0. The number of anilines is 1. The number of hydrogen-bond acceptors (Lipinski definition) is 6. The van der Waals surface area contributed by atoms with Crippen LogP contribution in [0.3, 0.4) is 0 Å². The Hall–Kier alpha value is -2.69. The van der Waals surface area contributed by atoms with Gasteiger partial charge in [-0.3, -0.25) is 14.5 Å². The third-order valence-corrected chi connectivity index (χ3v) is 7.20. The Morgan fingerprint density at radius 1 is 1.08 bits per heavy atom. The molecule has 0 radical (unpaired) electrons. The first kappa shape index (κ1) is 27.9. The van der Waals surface area contributed by atoms with E-state index in [0.29, 0.717) is 57.8 Å². The van der Waals surface area contributed by atoms with Gasteiger partial charge in [-0.15, -0.1) is 0 Å². The number of nitrogens with two attached hydrogens (primary N) is 1. The molecular weight excluding hydrogens is 482 g/mol. The molecule has 0 spiro atoms. The van der Waals surface area contributed by atoms with Gasteiger partial charge in [0.2, 0.25) is 0 Å². The lowest BCUT2D eigenvalue weighted by molar-refractivity contribution is -0.172. The lowest BCUT2D eigenvalue weighted by Crippen LogP contribution is -2.50. The van der Waals surface area contributed by atoms with Crippen molar-refractivity contribution in [1.82, 2.24) is 4.90 Å². The van der Waals surface area contributed by atoms with Gasteiger partial charge in [0.25, 0.3) is 5.91 Å². The van der Waals surface area contributed by atoms with E-state index < -0.39 is 35.0 Å². The molecule has 1 saturated heterocycles. The molecule has 2 fully saturated rings. The molecule has 0 atom stereocenters. The highest BCUT2D eigenvalue weighted by Gasteiger charge is 2.44. The van der Waals surface area contributed by atoms with Gasteiger partial charge in [0, 0.05) is 32.6 Å². The molecule has 1 heterocycles. The third kappa shape index (κ3) is 6.96. The molecule has 0 bridgehead atoms. The normalized spacial score (nSPS) is 23.4. The van der Waals surface area contributed by atoms with E-state index in [4.69, 9.17) is 10.5 Å². The van der Waals surface area contributed by atoms with E-state index in [2.05, 4.69) is 4.90 Å². The molecule has 0 aromatic heterocycles. The average Bonchev–Trinajstić information content (AvgIpc) is 2.82. The van der Waals surface area contributed by atoms with Crippen molar-refractivity contribution in [3.8, 4) is 0 Å². The second kappa shape index (κ2) is 11.6. The minimum atomic E-state index is -4.74. The molecule has 0 unspecified atom stereocenters. The summed E-state index contributed by atoms with van der Waals surface area (Å²) >= 11 is 0. The van der Waals surface area contributed by atoms with Crippen LogP contribution >= 0.6 is 0 Å². The van der Waals surface area contributed by atoms with E-state index in [1.54, 1.807) is 4.90 Å². The zero-order valence-corrected chi connectivity index (χ0v) is 20.4. The number of alkyl halides is 3. The van der Waals surface area contributed by atoms with E-state index in [1.165, 1.54) is 19.1 Å². The Morgan fingerprint density at radius 3 is 2.28 bits per heavy atom. The molecule has 2 N–H and O–H groups in total. The molecule has 2 aliphatic rings. The second-order valence-corrected chi connectivity index (χ2v) is 9.73. The summed E-state index contributed by atoms with van der Waals surface area (Å²) in [4.78, 5) is 39.1. The van der Waals surface area contributed by atoms with Crippen LogP contribution in [0.25, 0.3) is 0 Å². The van der Waals surface area contributed by atoms with E-state index >= 15 is 0 Å². The molecule has 200 valence electrons. The minimum Gasteiger partial charge on any atom is -0.449 e. The fourth-order valence-electron chi connectivity index (χ4n) is 4.94. The number of piperazine rings is 1. The molecule has 7 nitrogen and oxygen atoms in total. The SMILES string of the molecule is CC(=O)CCC(=O)OC1(C(N)=O)CCC(CCN2CCN(c3cccc(C(F)(F)F)c3F)CC2)CC1. The average molecular weight is 516 g/mol. The summed E-state index contributed by atoms with van der Waals surface area (Å²) in [6.07, 6.45) is -1.90. The van der Waals surface area contributed by atoms with Crippen molar-refractivity contribution in [2.24, 2.45) is 11.7 Å². The molecular formula is C25H33F4N3O4. The van der Waals surface area contributed by atoms with Gasteiger partial charge in [-0.2, -0.15) is 13.2 Å². The van der Waals surface area contributed by atoms with Crippen molar-refractivity contribution in [3.63, 3.8) is 0 Å². The summed E-state index contributed by atoms with van der Waals surface area (Å²) in [5.74, 6) is -2.33. The zero-order valence-electron chi connectivity index (χ0n) is 20.4. The highest BCUT2D eigenvalue weighted by atomic mass is 19.4. The van der Waals surface area contributed by atoms with Crippen molar-refractivity contribution < 1.29 is 36.7 Å². The fourth-order valence-corrected chi connectivity index (χ4v) is 4.94. The Kier molecular flexibility index (Phi) is 8.97. The van der Waals surface area contributed by atoms with Gasteiger partial charge < -0.3 is 20.2 Å². The minimum absolute atomic E-state index is 0.0302. The van der Waals surface area contributed by atoms with Crippen LogP contribution in [0.5, 0.6) is 0 Å². The second-order valence-electron chi connectivity index (χ2n) is 9.73. The summed E-state index contributed by atoms with van der Waals surface area (Å²) in [7, 11) is 0. The zero-order chi connectivity index (χ0) is 26.5. The van der Waals surface area contributed by atoms with Crippen molar-refractivity contribution in [2.75, 3.05) is 37.6 Å². The van der Waals surface area contributed by atoms with Gasteiger partial charge in [0.05, 0.1) is 17.7 Å². The maximum atomic E-state index is 14.5. The molecule has 3 rings (SSSR count). The largest absolute Gasteiger partial charge is 0.449 e. The standard InChI is InChI=1S/C25H33F4N3O4/c1-17(33)5-6-21(34)36-24(23(30)35)10-7-18(8-11-24)9-12-31-13-15-32(16-14-31)20-4-2-3-19(22(20)26)25(27,28)29/h2-4,18H,5-16H2,1H3,(H2,30,35). The monoisotopic (exact) mass is 515 g/mol. The van der Waals surface area contributed by atoms with Crippen molar-refractivity contribution in [3.05, 3.63) is 29.6 Å². The molecule has 1 aliphatic heterocycles. The van der Waals surface area contributed by atoms with Crippen LogP contribution in [0.1, 0.15) is 57.4 Å². The van der Waals surface area contributed by atoms with Crippen LogP contribution in [-0.4, -0.2) is 60.9 Å². The summed E-state index contributed by atoms with van der Waals surface area (Å²) in [5.41, 5.74) is 2.95. The van der Waals surface area contributed by atoms with E-state index in [9.17, 15) is 31.9 Å². The predicted molar refractivity (Wildman–Crippen MR) is 125 cm³/mol. The number of nitrogens with zero attached hydrogens (tertiary/aromatic N) is 2. The van der Waals surface area contributed by atoms with Gasteiger partial charge in [0.1, 0.15) is 5.78 Å². The Labute approximate surface area is 207 Å². The highest BCUT2D eigenvalue weighted by Crippen LogP contribution is 2.37. The lowest BCUT2D eigenvalue weighted by Gasteiger charge is -2.39. The van der Waals surface area contributed by atoms with Gasteiger partial charge in [-0.05, 0) is 63.6 Å². The number of carbonyl (C=O) groups is 3. The van der Waals surface area contributed by atoms with Crippen LogP contribution in [0.4, 0.5) is 23.2 Å². The number of ketones is 1. The summed E-state index contributed by atoms with van der Waals surface area (Å²) in [6, 6.07) is 3.35. The maximum Gasteiger partial charge on any atom is 0.419 e. The lowest BCUT2D eigenvalue weighted by atomic mass is 9.77. The maximum absolute atomic E-state index is 14.5. The number of esters is 1.